The van der Waals surface area contributed by atoms with E-state index in [1.165, 1.54) is 6.08 Å². The first-order chi connectivity index (χ1) is 8.97. The van der Waals surface area contributed by atoms with Crippen LogP contribution in [-0.2, 0) is 14.3 Å². The van der Waals surface area contributed by atoms with E-state index < -0.39 is 0 Å². The van der Waals surface area contributed by atoms with E-state index in [-0.39, 0.29) is 23.3 Å². The standard InChI is InChI=1S/C16H26O3/c1-4-14(17)13(2)9-5-6-10-15(18)19-16(3)11-7-8-12-16/h4,13H,1,5-12H2,2-3H3. The van der Waals surface area contributed by atoms with Gasteiger partial charge >= 0.3 is 5.97 Å². The number of carbonyl (C=O) groups is 2. The molecule has 1 aliphatic carbocycles. The molecule has 0 aromatic rings. The van der Waals surface area contributed by atoms with Crippen molar-refractivity contribution >= 4 is 11.8 Å². The van der Waals surface area contributed by atoms with Crippen molar-refractivity contribution in [1.82, 2.24) is 0 Å². The molecule has 0 aromatic heterocycles. The molecular formula is C16H26O3. The number of hydrogen-bond acceptors (Lipinski definition) is 3. The van der Waals surface area contributed by atoms with Crippen molar-refractivity contribution in [2.45, 2.75) is 70.8 Å². The highest BCUT2D eigenvalue weighted by Crippen LogP contribution is 2.33. The van der Waals surface area contributed by atoms with Crippen molar-refractivity contribution in [3.63, 3.8) is 0 Å². The molecule has 0 aliphatic heterocycles. The minimum absolute atomic E-state index is 0.0147. The van der Waals surface area contributed by atoms with Crippen LogP contribution in [0.5, 0.6) is 0 Å². The molecule has 0 N–H and O–H groups in total. The van der Waals surface area contributed by atoms with Gasteiger partial charge in [0.2, 0.25) is 0 Å². The van der Waals surface area contributed by atoms with E-state index in [2.05, 4.69) is 6.58 Å². The fourth-order valence-electron chi connectivity index (χ4n) is 2.61. The summed E-state index contributed by atoms with van der Waals surface area (Å²) < 4.78 is 5.55. The summed E-state index contributed by atoms with van der Waals surface area (Å²) in [5.74, 6) is 0.00835. The Morgan fingerprint density at radius 3 is 2.53 bits per heavy atom. The fourth-order valence-corrected chi connectivity index (χ4v) is 2.61. The summed E-state index contributed by atoms with van der Waals surface area (Å²) in [6, 6.07) is 0. The van der Waals surface area contributed by atoms with Crippen LogP contribution in [0.2, 0.25) is 0 Å². The fraction of sp³-hybridized carbons (Fsp3) is 0.750. The zero-order valence-corrected chi connectivity index (χ0v) is 12.2. The third-order valence-corrected chi connectivity index (χ3v) is 3.98. The summed E-state index contributed by atoms with van der Waals surface area (Å²) in [6.07, 6.45) is 8.62. The van der Waals surface area contributed by atoms with E-state index in [9.17, 15) is 9.59 Å². The van der Waals surface area contributed by atoms with Crippen LogP contribution in [0.25, 0.3) is 0 Å². The normalized spacial score (nSPS) is 18.8. The van der Waals surface area contributed by atoms with E-state index in [0.29, 0.717) is 6.42 Å². The summed E-state index contributed by atoms with van der Waals surface area (Å²) in [6.45, 7) is 7.41. The Morgan fingerprint density at radius 2 is 1.95 bits per heavy atom. The highest BCUT2D eigenvalue weighted by molar-refractivity contribution is 5.90. The number of ether oxygens (including phenoxy) is 1. The average molecular weight is 266 g/mol. The molecule has 1 atom stereocenters. The second-order valence-corrected chi connectivity index (χ2v) is 5.88. The van der Waals surface area contributed by atoms with Gasteiger partial charge in [0.15, 0.2) is 5.78 Å². The Kier molecular flexibility index (Phi) is 6.26. The van der Waals surface area contributed by atoms with E-state index in [1.54, 1.807) is 0 Å². The molecule has 1 saturated carbocycles. The number of carbonyl (C=O) groups excluding carboxylic acids is 2. The highest BCUT2D eigenvalue weighted by atomic mass is 16.6. The maximum absolute atomic E-state index is 11.7. The first kappa shape index (κ1) is 15.9. The molecule has 0 heterocycles. The van der Waals surface area contributed by atoms with Gasteiger partial charge in [-0.3, -0.25) is 9.59 Å². The molecule has 1 aliphatic rings. The molecule has 1 fully saturated rings. The molecule has 0 radical (unpaired) electrons. The first-order valence-electron chi connectivity index (χ1n) is 7.35. The molecule has 0 saturated heterocycles. The Labute approximate surface area is 116 Å². The van der Waals surface area contributed by atoms with E-state index in [0.717, 1.165) is 44.9 Å². The van der Waals surface area contributed by atoms with Crippen molar-refractivity contribution in [3.05, 3.63) is 12.7 Å². The maximum Gasteiger partial charge on any atom is 0.306 e. The van der Waals surface area contributed by atoms with E-state index >= 15 is 0 Å². The van der Waals surface area contributed by atoms with Crippen LogP contribution in [0.4, 0.5) is 0 Å². The molecule has 0 aromatic carbocycles. The summed E-state index contributed by atoms with van der Waals surface area (Å²) in [4.78, 5) is 23.0. The van der Waals surface area contributed by atoms with Crippen molar-refractivity contribution in [3.8, 4) is 0 Å². The molecule has 1 rings (SSSR count). The highest BCUT2D eigenvalue weighted by Gasteiger charge is 2.32. The summed E-state index contributed by atoms with van der Waals surface area (Å²) >= 11 is 0. The summed E-state index contributed by atoms with van der Waals surface area (Å²) in [5.41, 5.74) is -0.219. The minimum atomic E-state index is -0.219. The second-order valence-electron chi connectivity index (χ2n) is 5.88. The predicted octanol–water partition coefficient (Wildman–Crippen LogP) is 3.81. The van der Waals surface area contributed by atoms with Gasteiger partial charge in [-0.15, -0.1) is 0 Å². The Morgan fingerprint density at radius 1 is 1.32 bits per heavy atom. The lowest BCUT2D eigenvalue weighted by atomic mass is 9.99. The predicted molar refractivity (Wildman–Crippen MR) is 75.8 cm³/mol. The van der Waals surface area contributed by atoms with Gasteiger partial charge in [-0.25, -0.2) is 0 Å². The van der Waals surface area contributed by atoms with Crippen LogP contribution >= 0.6 is 0 Å². The molecule has 0 spiro atoms. The zero-order chi connectivity index (χ0) is 14.3. The maximum atomic E-state index is 11.7. The molecule has 108 valence electrons. The van der Waals surface area contributed by atoms with Gasteiger partial charge in [0.1, 0.15) is 5.60 Å². The number of allylic oxidation sites excluding steroid dienone is 1. The van der Waals surface area contributed by atoms with Crippen LogP contribution in [0.15, 0.2) is 12.7 Å². The van der Waals surface area contributed by atoms with Crippen LogP contribution in [-0.4, -0.2) is 17.4 Å². The van der Waals surface area contributed by atoms with Gasteiger partial charge in [-0.1, -0.05) is 19.9 Å². The van der Waals surface area contributed by atoms with Crippen LogP contribution in [0.1, 0.15) is 65.2 Å². The van der Waals surface area contributed by atoms with Crippen molar-refractivity contribution in [2.75, 3.05) is 0 Å². The van der Waals surface area contributed by atoms with Crippen molar-refractivity contribution in [1.29, 1.82) is 0 Å². The lowest BCUT2D eigenvalue weighted by Crippen LogP contribution is -2.27. The van der Waals surface area contributed by atoms with Gasteiger partial charge in [0.05, 0.1) is 0 Å². The lowest BCUT2D eigenvalue weighted by molar-refractivity contribution is -0.157. The molecule has 0 amide bonds. The number of hydrogen-bond donors (Lipinski definition) is 0. The molecule has 3 heteroatoms. The van der Waals surface area contributed by atoms with Gasteiger partial charge in [0, 0.05) is 12.3 Å². The molecular weight excluding hydrogens is 240 g/mol. The molecule has 1 unspecified atom stereocenters. The third kappa shape index (κ3) is 5.58. The van der Waals surface area contributed by atoms with Crippen LogP contribution in [0, 0.1) is 5.92 Å². The largest absolute Gasteiger partial charge is 0.459 e. The SMILES string of the molecule is C=CC(=O)C(C)CCCCC(=O)OC1(C)CCCC1. The quantitative estimate of drug-likeness (QED) is 0.381. The summed E-state index contributed by atoms with van der Waals surface area (Å²) in [5, 5.41) is 0. The van der Waals surface area contributed by atoms with Crippen molar-refractivity contribution in [2.24, 2.45) is 5.92 Å². The van der Waals surface area contributed by atoms with Gasteiger partial charge in [0.25, 0.3) is 0 Å². The molecule has 0 bridgehead atoms. The average Bonchev–Trinajstić information content (AvgIpc) is 2.79. The Bertz CT molecular complexity index is 327. The third-order valence-electron chi connectivity index (χ3n) is 3.98. The number of unbranched alkanes of at least 4 members (excludes halogenated alkanes) is 1. The minimum Gasteiger partial charge on any atom is -0.459 e. The van der Waals surface area contributed by atoms with Crippen molar-refractivity contribution < 1.29 is 14.3 Å². The molecule has 19 heavy (non-hydrogen) atoms. The zero-order valence-electron chi connectivity index (χ0n) is 12.2. The van der Waals surface area contributed by atoms with Gasteiger partial charge < -0.3 is 4.74 Å². The summed E-state index contributed by atoms with van der Waals surface area (Å²) in [7, 11) is 0. The van der Waals surface area contributed by atoms with Crippen LogP contribution < -0.4 is 0 Å². The monoisotopic (exact) mass is 266 g/mol. The van der Waals surface area contributed by atoms with Gasteiger partial charge in [-0.05, 0) is 51.5 Å². The lowest BCUT2D eigenvalue weighted by Gasteiger charge is -2.24. The van der Waals surface area contributed by atoms with E-state index in [1.807, 2.05) is 13.8 Å². The Balaban J connectivity index is 2.13. The topological polar surface area (TPSA) is 43.4 Å². The second kappa shape index (κ2) is 7.46. The number of esters is 1. The van der Waals surface area contributed by atoms with Crippen LogP contribution in [0.3, 0.4) is 0 Å². The number of rotatable bonds is 8. The first-order valence-corrected chi connectivity index (χ1v) is 7.35. The van der Waals surface area contributed by atoms with E-state index in [4.69, 9.17) is 4.74 Å². The number of ketones is 1. The Hall–Kier alpha value is -1.12. The smallest absolute Gasteiger partial charge is 0.306 e. The van der Waals surface area contributed by atoms with Gasteiger partial charge in [-0.2, -0.15) is 0 Å². The molecule has 3 nitrogen and oxygen atoms in total.